The molecule has 0 fully saturated rings. The van der Waals surface area contributed by atoms with Crippen molar-refractivity contribution in [3.8, 4) is 11.5 Å². The molecule has 0 amide bonds. The van der Waals surface area contributed by atoms with E-state index in [1.807, 2.05) is 19.9 Å². The van der Waals surface area contributed by atoms with Crippen molar-refractivity contribution in [2.45, 2.75) is 33.0 Å². The van der Waals surface area contributed by atoms with Crippen molar-refractivity contribution in [3.63, 3.8) is 0 Å². The van der Waals surface area contributed by atoms with E-state index in [2.05, 4.69) is 5.32 Å². The fourth-order valence-electron chi connectivity index (χ4n) is 2.38. The highest BCUT2D eigenvalue weighted by atomic mass is 35.5. The molecule has 0 atom stereocenters. The second-order valence-corrected chi connectivity index (χ2v) is 6.30. The maximum atomic E-state index is 10.9. The maximum absolute atomic E-state index is 10.9. The first-order chi connectivity index (χ1) is 11.9. The number of nitrogens with one attached hydrogen (secondary N) is 1. The van der Waals surface area contributed by atoms with Crippen molar-refractivity contribution < 1.29 is 19.4 Å². The number of aromatic carboxylic acids is 1. The van der Waals surface area contributed by atoms with Crippen LogP contribution in [0.25, 0.3) is 0 Å². The lowest BCUT2D eigenvalue weighted by molar-refractivity contribution is 0.0697. The van der Waals surface area contributed by atoms with Crippen molar-refractivity contribution in [1.82, 2.24) is 5.32 Å². The van der Waals surface area contributed by atoms with Gasteiger partial charge in [-0.05, 0) is 37.6 Å². The van der Waals surface area contributed by atoms with Crippen LogP contribution in [0, 0.1) is 0 Å². The number of carbonyl (C=O) groups is 1. The number of hydrogen-bond donors (Lipinski definition) is 2. The molecule has 0 spiro atoms. The molecule has 0 heterocycles. The predicted octanol–water partition coefficient (Wildman–Crippen LogP) is 4.12. The fraction of sp³-hybridized carbons (Fsp3) is 0.316. The number of rotatable bonds is 8. The standard InChI is InChI=1S/C19H22ClNO4/c1-12(2)25-18-15(8-16(20)9-17(18)24-3)11-21-10-13-4-6-14(7-5-13)19(22)23/h4-9,12,21H,10-11H2,1-3H3,(H,22,23). The first-order valence-electron chi connectivity index (χ1n) is 7.96. The van der Waals surface area contributed by atoms with Crippen LogP contribution >= 0.6 is 11.6 Å². The normalized spacial score (nSPS) is 10.8. The summed E-state index contributed by atoms with van der Waals surface area (Å²) < 4.78 is 11.3. The van der Waals surface area contributed by atoms with Gasteiger partial charge in [-0.1, -0.05) is 23.7 Å². The summed E-state index contributed by atoms with van der Waals surface area (Å²) in [7, 11) is 1.58. The lowest BCUT2D eigenvalue weighted by Gasteiger charge is -2.18. The molecule has 0 bridgehead atoms. The van der Waals surface area contributed by atoms with Crippen LogP contribution in [0.4, 0.5) is 0 Å². The van der Waals surface area contributed by atoms with Crippen LogP contribution in [0.1, 0.15) is 35.3 Å². The van der Waals surface area contributed by atoms with Crippen molar-refractivity contribution in [2.75, 3.05) is 7.11 Å². The average molecular weight is 364 g/mol. The molecule has 2 N–H and O–H groups in total. The van der Waals surface area contributed by atoms with Crippen LogP contribution in [0.3, 0.4) is 0 Å². The Morgan fingerprint density at radius 1 is 1.20 bits per heavy atom. The topological polar surface area (TPSA) is 67.8 Å². The summed E-state index contributed by atoms with van der Waals surface area (Å²) in [5.41, 5.74) is 2.17. The van der Waals surface area contributed by atoms with Crippen LogP contribution in [-0.2, 0) is 13.1 Å². The Balaban J connectivity index is 2.08. The summed E-state index contributed by atoms with van der Waals surface area (Å²) in [6.07, 6.45) is 0.0115. The van der Waals surface area contributed by atoms with Gasteiger partial charge in [0, 0.05) is 29.7 Å². The summed E-state index contributed by atoms with van der Waals surface area (Å²) in [6, 6.07) is 10.3. The van der Waals surface area contributed by atoms with E-state index in [-0.39, 0.29) is 11.7 Å². The van der Waals surface area contributed by atoms with Gasteiger partial charge in [-0.25, -0.2) is 4.79 Å². The van der Waals surface area contributed by atoms with Gasteiger partial charge in [0.2, 0.25) is 0 Å². The predicted molar refractivity (Wildman–Crippen MR) is 97.7 cm³/mol. The van der Waals surface area contributed by atoms with Crippen molar-refractivity contribution in [3.05, 3.63) is 58.1 Å². The molecule has 0 saturated carbocycles. The zero-order chi connectivity index (χ0) is 18.4. The second kappa shape index (κ2) is 8.74. The third-order valence-corrected chi connectivity index (χ3v) is 3.73. The highest BCUT2D eigenvalue weighted by molar-refractivity contribution is 6.30. The molecule has 0 unspecified atom stereocenters. The minimum atomic E-state index is -0.930. The van der Waals surface area contributed by atoms with Gasteiger partial charge in [0.25, 0.3) is 0 Å². The average Bonchev–Trinajstić information content (AvgIpc) is 2.57. The van der Waals surface area contributed by atoms with E-state index in [4.69, 9.17) is 26.2 Å². The summed E-state index contributed by atoms with van der Waals surface area (Å²) in [4.78, 5) is 10.9. The Bertz CT molecular complexity index is 729. The summed E-state index contributed by atoms with van der Waals surface area (Å²) in [5, 5.41) is 12.8. The molecule has 134 valence electrons. The molecule has 25 heavy (non-hydrogen) atoms. The van der Waals surface area contributed by atoms with Gasteiger partial charge in [0.05, 0.1) is 18.8 Å². The Kier molecular flexibility index (Phi) is 6.67. The Hall–Kier alpha value is -2.24. The van der Waals surface area contributed by atoms with Crippen LogP contribution in [-0.4, -0.2) is 24.3 Å². The molecule has 2 rings (SSSR count). The van der Waals surface area contributed by atoms with Gasteiger partial charge in [0.15, 0.2) is 11.5 Å². The van der Waals surface area contributed by atoms with Gasteiger partial charge in [-0.3, -0.25) is 0 Å². The Morgan fingerprint density at radius 2 is 1.88 bits per heavy atom. The van der Waals surface area contributed by atoms with Gasteiger partial charge < -0.3 is 19.9 Å². The van der Waals surface area contributed by atoms with Crippen molar-refractivity contribution in [2.24, 2.45) is 0 Å². The Labute approximate surface area is 152 Å². The SMILES string of the molecule is COc1cc(Cl)cc(CNCc2ccc(C(=O)O)cc2)c1OC(C)C. The van der Waals surface area contributed by atoms with Crippen LogP contribution < -0.4 is 14.8 Å². The molecule has 5 nitrogen and oxygen atoms in total. The van der Waals surface area contributed by atoms with E-state index in [9.17, 15) is 4.79 Å². The molecular weight excluding hydrogens is 342 g/mol. The molecular formula is C19H22ClNO4. The largest absolute Gasteiger partial charge is 0.493 e. The first-order valence-corrected chi connectivity index (χ1v) is 8.34. The molecule has 6 heteroatoms. The zero-order valence-electron chi connectivity index (χ0n) is 14.5. The van der Waals surface area contributed by atoms with Gasteiger partial charge in [0.1, 0.15) is 0 Å². The number of carboxylic acid groups (broad SMARTS) is 1. The van der Waals surface area contributed by atoms with Gasteiger partial charge in [-0.15, -0.1) is 0 Å². The number of halogens is 1. The number of carboxylic acids is 1. The molecule has 0 aliphatic carbocycles. The van der Waals surface area contributed by atoms with E-state index in [0.717, 1.165) is 11.1 Å². The van der Waals surface area contributed by atoms with E-state index >= 15 is 0 Å². The van der Waals surface area contributed by atoms with E-state index < -0.39 is 5.97 Å². The molecule has 0 saturated heterocycles. The van der Waals surface area contributed by atoms with Crippen molar-refractivity contribution in [1.29, 1.82) is 0 Å². The summed E-state index contributed by atoms with van der Waals surface area (Å²) in [6.45, 7) is 5.04. The molecule has 0 aromatic heterocycles. The highest BCUT2D eigenvalue weighted by Gasteiger charge is 2.14. The lowest BCUT2D eigenvalue weighted by atomic mass is 10.1. The highest BCUT2D eigenvalue weighted by Crippen LogP contribution is 2.35. The third-order valence-electron chi connectivity index (χ3n) is 3.52. The molecule has 0 radical (unpaired) electrons. The van der Waals surface area contributed by atoms with Crippen molar-refractivity contribution >= 4 is 17.6 Å². The molecule has 0 aliphatic heterocycles. The maximum Gasteiger partial charge on any atom is 0.335 e. The number of benzene rings is 2. The van der Waals surface area contributed by atoms with Gasteiger partial charge >= 0.3 is 5.97 Å². The summed E-state index contributed by atoms with van der Waals surface area (Å²) >= 11 is 6.16. The van der Waals surface area contributed by atoms with Crippen LogP contribution in [0.2, 0.25) is 5.02 Å². The van der Waals surface area contributed by atoms with Gasteiger partial charge in [-0.2, -0.15) is 0 Å². The van der Waals surface area contributed by atoms with E-state index in [1.165, 1.54) is 0 Å². The fourth-order valence-corrected chi connectivity index (χ4v) is 2.61. The molecule has 2 aromatic carbocycles. The molecule has 2 aromatic rings. The zero-order valence-corrected chi connectivity index (χ0v) is 15.3. The molecule has 0 aliphatic rings. The minimum Gasteiger partial charge on any atom is -0.493 e. The van der Waals surface area contributed by atoms with Crippen LogP contribution in [0.5, 0.6) is 11.5 Å². The smallest absolute Gasteiger partial charge is 0.335 e. The van der Waals surface area contributed by atoms with Crippen LogP contribution in [0.15, 0.2) is 36.4 Å². The van der Waals surface area contributed by atoms with E-state index in [1.54, 1.807) is 37.4 Å². The minimum absolute atomic E-state index is 0.0115. The number of hydrogen-bond acceptors (Lipinski definition) is 4. The lowest BCUT2D eigenvalue weighted by Crippen LogP contribution is -2.16. The van der Waals surface area contributed by atoms with E-state index in [0.29, 0.717) is 29.6 Å². The number of methoxy groups -OCH3 is 1. The first kappa shape index (κ1) is 19.1. The quantitative estimate of drug-likeness (QED) is 0.738. The number of ether oxygens (including phenoxy) is 2. The Morgan fingerprint density at radius 3 is 2.44 bits per heavy atom. The summed E-state index contributed by atoms with van der Waals surface area (Å²) in [5.74, 6) is 0.348. The monoisotopic (exact) mass is 363 g/mol. The third kappa shape index (κ3) is 5.37. The second-order valence-electron chi connectivity index (χ2n) is 5.87.